The fourth-order valence-electron chi connectivity index (χ4n) is 2.94. The second-order valence-electron chi connectivity index (χ2n) is 6.10. The van der Waals surface area contributed by atoms with Gasteiger partial charge < -0.3 is 15.2 Å². The highest BCUT2D eigenvalue weighted by Gasteiger charge is 2.49. The van der Waals surface area contributed by atoms with E-state index in [2.05, 4.69) is 28.9 Å². The number of ether oxygens (including phenoxy) is 2. The molecule has 1 unspecified atom stereocenters. The summed E-state index contributed by atoms with van der Waals surface area (Å²) in [6.45, 7) is 2.09. The van der Waals surface area contributed by atoms with Crippen LogP contribution in [0.5, 0.6) is 11.5 Å². The van der Waals surface area contributed by atoms with Gasteiger partial charge in [-0.15, -0.1) is 0 Å². The number of halogens is 1. The SMILES string of the molecule is COc1cc(Br)c(C2(C(C)N)CC2)cc1OC1CCC1. The Morgan fingerprint density at radius 3 is 2.45 bits per heavy atom. The third-order valence-electron chi connectivity index (χ3n) is 4.80. The number of methoxy groups -OCH3 is 1. The van der Waals surface area contributed by atoms with Crippen molar-refractivity contribution in [1.82, 2.24) is 0 Å². The lowest BCUT2D eigenvalue weighted by Crippen LogP contribution is -2.32. The summed E-state index contributed by atoms with van der Waals surface area (Å²) < 4.78 is 12.6. The molecule has 1 aromatic rings. The Balaban J connectivity index is 1.96. The van der Waals surface area contributed by atoms with Crippen LogP contribution in [0.1, 0.15) is 44.6 Å². The molecule has 0 aliphatic heterocycles. The predicted molar refractivity (Wildman–Crippen MR) is 83.5 cm³/mol. The number of benzene rings is 1. The molecule has 0 bridgehead atoms. The maximum absolute atomic E-state index is 6.20. The highest BCUT2D eigenvalue weighted by atomic mass is 79.9. The van der Waals surface area contributed by atoms with Gasteiger partial charge in [-0.3, -0.25) is 0 Å². The van der Waals surface area contributed by atoms with Gasteiger partial charge in [0.2, 0.25) is 0 Å². The summed E-state index contributed by atoms with van der Waals surface area (Å²) in [6, 6.07) is 4.31. The molecular formula is C16H22BrNO2. The summed E-state index contributed by atoms with van der Waals surface area (Å²) in [6.07, 6.45) is 6.21. The van der Waals surface area contributed by atoms with E-state index in [0.29, 0.717) is 6.10 Å². The normalized spacial score (nSPS) is 22.0. The van der Waals surface area contributed by atoms with Crippen LogP contribution in [0.4, 0.5) is 0 Å². The zero-order chi connectivity index (χ0) is 14.3. The van der Waals surface area contributed by atoms with Crippen LogP contribution in [0.25, 0.3) is 0 Å². The van der Waals surface area contributed by atoms with E-state index in [0.717, 1.165) is 41.7 Å². The summed E-state index contributed by atoms with van der Waals surface area (Å²) in [5.74, 6) is 1.66. The fourth-order valence-corrected chi connectivity index (χ4v) is 3.66. The van der Waals surface area contributed by atoms with E-state index in [4.69, 9.17) is 15.2 Å². The molecule has 3 rings (SSSR count). The minimum Gasteiger partial charge on any atom is -0.493 e. The lowest BCUT2D eigenvalue weighted by Gasteiger charge is -2.29. The molecule has 1 atom stereocenters. The van der Waals surface area contributed by atoms with Gasteiger partial charge in [-0.2, -0.15) is 0 Å². The average molecular weight is 340 g/mol. The molecule has 0 spiro atoms. The van der Waals surface area contributed by atoms with Crippen LogP contribution < -0.4 is 15.2 Å². The van der Waals surface area contributed by atoms with E-state index in [1.807, 2.05) is 6.07 Å². The standard InChI is InChI=1S/C16H22BrNO2/c1-10(18)16(6-7-16)12-8-15(20-11-4-3-5-11)14(19-2)9-13(12)17/h8-11H,3-7,18H2,1-2H3. The molecule has 2 N–H and O–H groups in total. The minimum absolute atomic E-state index is 0.114. The molecule has 2 fully saturated rings. The van der Waals surface area contributed by atoms with Gasteiger partial charge in [0.15, 0.2) is 11.5 Å². The molecule has 3 nitrogen and oxygen atoms in total. The Hall–Kier alpha value is -0.740. The Morgan fingerprint density at radius 2 is 2.00 bits per heavy atom. The van der Waals surface area contributed by atoms with Crippen LogP contribution >= 0.6 is 15.9 Å². The average Bonchev–Trinajstić information content (AvgIpc) is 3.16. The molecular weight excluding hydrogens is 318 g/mol. The topological polar surface area (TPSA) is 44.5 Å². The maximum Gasteiger partial charge on any atom is 0.161 e. The van der Waals surface area contributed by atoms with Crippen LogP contribution in [-0.4, -0.2) is 19.3 Å². The quantitative estimate of drug-likeness (QED) is 0.887. The molecule has 110 valence electrons. The van der Waals surface area contributed by atoms with Crippen molar-refractivity contribution in [1.29, 1.82) is 0 Å². The lowest BCUT2D eigenvalue weighted by molar-refractivity contribution is 0.116. The van der Waals surface area contributed by atoms with Crippen molar-refractivity contribution in [3.05, 3.63) is 22.2 Å². The molecule has 2 aliphatic rings. The van der Waals surface area contributed by atoms with E-state index in [1.165, 1.54) is 12.0 Å². The van der Waals surface area contributed by atoms with Crippen molar-refractivity contribution in [3.8, 4) is 11.5 Å². The van der Waals surface area contributed by atoms with Crippen molar-refractivity contribution in [2.45, 2.75) is 56.6 Å². The zero-order valence-electron chi connectivity index (χ0n) is 12.1. The van der Waals surface area contributed by atoms with Crippen LogP contribution in [-0.2, 0) is 5.41 Å². The zero-order valence-corrected chi connectivity index (χ0v) is 13.7. The Kier molecular flexibility index (Phi) is 3.71. The second-order valence-corrected chi connectivity index (χ2v) is 6.95. The van der Waals surface area contributed by atoms with E-state index in [9.17, 15) is 0 Å². The molecule has 2 aliphatic carbocycles. The fraction of sp³-hybridized carbons (Fsp3) is 0.625. The lowest BCUT2D eigenvalue weighted by atomic mass is 9.89. The first kappa shape index (κ1) is 14.2. The van der Waals surface area contributed by atoms with Gasteiger partial charge in [-0.1, -0.05) is 15.9 Å². The van der Waals surface area contributed by atoms with Gasteiger partial charge in [-0.05, 0) is 56.7 Å². The summed E-state index contributed by atoms with van der Waals surface area (Å²) in [4.78, 5) is 0. The summed E-state index contributed by atoms with van der Waals surface area (Å²) >= 11 is 3.67. The first-order valence-electron chi connectivity index (χ1n) is 7.37. The molecule has 2 saturated carbocycles. The molecule has 0 heterocycles. The van der Waals surface area contributed by atoms with Crippen molar-refractivity contribution >= 4 is 15.9 Å². The Bertz CT molecular complexity index is 507. The molecule has 1 aromatic carbocycles. The Labute approximate surface area is 129 Å². The first-order chi connectivity index (χ1) is 9.56. The maximum atomic E-state index is 6.20. The minimum atomic E-state index is 0.114. The molecule has 0 saturated heterocycles. The van der Waals surface area contributed by atoms with Crippen LogP contribution in [0.15, 0.2) is 16.6 Å². The highest BCUT2D eigenvalue weighted by Crippen LogP contribution is 2.54. The smallest absolute Gasteiger partial charge is 0.161 e. The molecule has 0 amide bonds. The number of nitrogens with two attached hydrogens (primary N) is 1. The van der Waals surface area contributed by atoms with E-state index >= 15 is 0 Å². The van der Waals surface area contributed by atoms with Crippen molar-refractivity contribution < 1.29 is 9.47 Å². The van der Waals surface area contributed by atoms with Crippen LogP contribution in [0.3, 0.4) is 0 Å². The van der Waals surface area contributed by atoms with Gasteiger partial charge >= 0.3 is 0 Å². The van der Waals surface area contributed by atoms with Gasteiger partial charge in [0, 0.05) is 15.9 Å². The molecule has 0 radical (unpaired) electrons. The third kappa shape index (κ3) is 2.33. The summed E-state index contributed by atoms with van der Waals surface area (Å²) in [5.41, 5.74) is 7.58. The predicted octanol–water partition coefficient (Wildman–Crippen LogP) is 3.77. The van der Waals surface area contributed by atoms with E-state index in [-0.39, 0.29) is 11.5 Å². The highest BCUT2D eigenvalue weighted by molar-refractivity contribution is 9.10. The summed E-state index contributed by atoms with van der Waals surface area (Å²) in [7, 11) is 1.69. The second kappa shape index (κ2) is 5.23. The van der Waals surface area contributed by atoms with Crippen molar-refractivity contribution in [3.63, 3.8) is 0 Å². The van der Waals surface area contributed by atoms with Crippen LogP contribution in [0.2, 0.25) is 0 Å². The van der Waals surface area contributed by atoms with Gasteiger partial charge in [0.05, 0.1) is 13.2 Å². The molecule has 20 heavy (non-hydrogen) atoms. The third-order valence-corrected chi connectivity index (χ3v) is 5.45. The Morgan fingerprint density at radius 1 is 1.30 bits per heavy atom. The van der Waals surface area contributed by atoms with Gasteiger partial charge in [0.25, 0.3) is 0 Å². The number of hydrogen-bond acceptors (Lipinski definition) is 3. The van der Waals surface area contributed by atoms with Gasteiger partial charge in [0.1, 0.15) is 0 Å². The van der Waals surface area contributed by atoms with E-state index < -0.39 is 0 Å². The largest absolute Gasteiger partial charge is 0.493 e. The monoisotopic (exact) mass is 339 g/mol. The molecule has 4 heteroatoms. The molecule has 0 aromatic heterocycles. The van der Waals surface area contributed by atoms with Crippen molar-refractivity contribution in [2.75, 3.05) is 7.11 Å². The van der Waals surface area contributed by atoms with Crippen LogP contribution in [0, 0.1) is 0 Å². The van der Waals surface area contributed by atoms with E-state index in [1.54, 1.807) is 7.11 Å². The summed E-state index contributed by atoms with van der Waals surface area (Å²) in [5, 5.41) is 0. The van der Waals surface area contributed by atoms with Gasteiger partial charge in [-0.25, -0.2) is 0 Å². The first-order valence-corrected chi connectivity index (χ1v) is 8.16. The number of rotatable bonds is 5. The number of hydrogen-bond donors (Lipinski definition) is 1. The van der Waals surface area contributed by atoms with Crippen molar-refractivity contribution in [2.24, 2.45) is 5.73 Å².